The maximum Gasteiger partial charge on any atom is 0.325 e. The number of anilines is 1. The van der Waals surface area contributed by atoms with Gasteiger partial charge in [-0.1, -0.05) is 47.1 Å². The summed E-state index contributed by atoms with van der Waals surface area (Å²) in [5, 5.41) is 0.196. The zero-order valence-corrected chi connectivity index (χ0v) is 25.6. The lowest BCUT2D eigenvalue weighted by molar-refractivity contribution is -0.140. The third kappa shape index (κ3) is 6.51. The number of rotatable bonds is 9. The number of halogens is 2. The molecule has 1 amide bonds. The van der Waals surface area contributed by atoms with E-state index in [1.165, 1.54) is 16.9 Å². The quantitative estimate of drug-likeness (QED) is 0.146. The van der Waals surface area contributed by atoms with E-state index in [-0.39, 0.29) is 23.3 Å². The summed E-state index contributed by atoms with van der Waals surface area (Å²) in [6, 6.07) is 19.0. The largest absolute Gasteiger partial charge is 0.493 e. The van der Waals surface area contributed by atoms with E-state index in [1.54, 1.807) is 19.3 Å². The SMILES string of the molecule is CCc1ccc(N2C(=O)/C(=C/c3cc(Br)c(OCc4ccc(Br)cc4)c(OC)c3)N(CC(=O)OC)C2=S)cc1. The standard InChI is InChI=1S/C29H26Br2N2O5S/c1-4-18-7-11-22(12-8-18)33-28(35)24(32(29(33)39)16-26(34)37-3)14-20-13-23(31)27(25(15-20)36-2)38-17-19-5-9-21(30)10-6-19/h5-15H,4,16-17H2,1-3H3/b24-14-. The molecular weight excluding hydrogens is 648 g/mol. The number of nitrogens with zero attached hydrogens (tertiary/aromatic N) is 2. The third-order valence-corrected chi connectivity index (χ3v) is 7.63. The second-order valence-electron chi connectivity index (χ2n) is 8.58. The zero-order chi connectivity index (χ0) is 28.1. The van der Waals surface area contributed by atoms with Gasteiger partial charge >= 0.3 is 5.97 Å². The molecule has 0 unspecified atom stereocenters. The Kier molecular flexibility index (Phi) is 9.42. The molecule has 1 heterocycles. The molecule has 0 spiro atoms. The molecule has 7 nitrogen and oxygen atoms in total. The van der Waals surface area contributed by atoms with Gasteiger partial charge in [0, 0.05) is 4.47 Å². The van der Waals surface area contributed by atoms with Crippen LogP contribution in [0.5, 0.6) is 11.5 Å². The summed E-state index contributed by atoms with van der Waals surface area (Å²) in [7, 11) is 2.84. The van der Waals surface area contributed by atoms with Crippen LogP contribution in [0.25, 0.3) is 6.08 Å². The second kappa shape index (κ2) is 12.8. The molecule has 39 heavy (non-hydrogen) atoms. The third-order valence-electron chi connectivity index (χ3n) is 6.10. The first-order chi connectivity index (χ1) is 18.7. The van der Waals surface area contributed by atoms with Crippen molar-refractivity contribution in [3.8, 4) is 11.5 Å². The van der Waals surface area contributed by atoms with Crippen LogP contribution in [-0.2, 0) is 27.4 Å². The minimum absolute atomic E-state index is 0.196. The number of esters is 1. The number of thiocarbonyl (C=S) groups is 1. The minimum atomic E-state index is -0.519. The van der Waals surface area contributed by atoms with Gasteiger partial charge in [0.15, 0.2) is 16.6 Å². The first-order valence-corrected chi connectivity index (χ1v) is 14.0. The van der Waals surface area contributed by atoms with E-state index in [0.29, 0.717) is 33.8 Å². The molecule has 1 fully saturated rings. The Morgan fingerprint density at radius 3 is 2.28 bits per heavy atom. The van der Waals surface area contributed by atoms with Gasteiger partial charge in [-0.15, -0.1) is 0 Å². The van der Waals surface area contributed by atoms with Gasteiger partial charge in [-0.3, -0.25) is 14.5 Å². The van der Waals surface area contributed by atoms with Gasteiger partial charge in [0.25, 0.3) is 5.91 Å². The van der Waals surface area contributed by atoms with Crippen LogP contribution in [0.2, 0.25) is 0 Å². The van der Waals surface area contributed by atoms with Crippen molar-refractivity contribution in [2.24, 2.45) is 0 Å². The molecule has 1 aliphatic heterocycles. The molecule has 0 N–H and O–H groups in total. The molecule has 202 valence electrons. The highest BCUT2D eigenvalue weighted by Crippen LogP contribution is 2.39. The van der Waals surface area contributed by atoms with Crippen molar-refractivity contribution in [3.63, 3.8) is 0 Å². The van der Waals surface area contributed by atoms with Gasteiger partial charge in [0.05, 0.1) is 24.4 Å². The Balaban J connectivity index is 1.68. The smallest absolute Gasteiger partial charge is 0.325 e. The van der Waals surface area contributed by atoms with Gasteiger partial charge in [-0.25, -0.2) is 0 Å². The maximum atomic E-state index is 13.7. The van der Waals surface area contributed by atoms with Crippen LogP contribution in [0, 0.1) is 0 Å². The topological polar surface area (TPSA) is 68.3 Å². The summed E-state index contributed by atoms with van der Waals surface area (Å²) < 4.78 is 18.2. The van der Waals surface area contributed by atoms with Gasteiger partial charge in [-0.05, 0) is 93.7 Å². The number of ether oxygens (including phenoxy) is 3. The van der Waals surface area contributed by atoms with E-state index in [1.807, 2.05) is 54.6 Å². The number of carbonyl (C=O) groups excluding carboxylic acids is 2. The number of aryl methyl sites for hydroxylation is 1. The predicted octanol–water partition coefficient (Wildman–Crippen LogP) is 6.51. The Hall–Kier alpha value is -3.21. The molecule has 4 rings (SSSR count). The molecule has 3 aromatic carbocycles. The number of hydrogen-bond donors (Lipinski definition) is 0. The fourth-order valence-electron chi connectivity index (χ4n) is 3.99. The molecule has 0 saturated carbocycles. The van der Waals surface area contributed by atoms with E-state index < -0.39 is 5.97 Å². The Morgan fingerprint density at radius 1 is 1.00 bits per heavy atom. The van der Waals surface area contributed by atoms with Crippen molar-refractivity contribution < 1.29 is 23.8 Å². The van der Waals surface area contributed by atoms with Crippen LogP contribution in [0.1, 0.15) is 23.6 Å². The molecular formula is C29H26Br2N2O5S. The molecule has 10 heteroatoms. The average molecular weight is 674 g/mol. The predicted molar refractivity (Wildman–Crippen MR) is 162 cm³/mol. The lowest BCUT2D eigenvalue weighted by atomic mass is 10.1. The molecule has 0 radical (unpaired) electrons. The molecule has 1 saturated heterocycles. The zero-order valence-electron chi connectivity index (χ0n) is 21.6. The summed E-state index contributed by atoms with van der Waals surface area (Å²) in [6.07, 6.45) is 2.54. The molecule has 1 aliphatic rings. The van der Waals surface area contributed by atoms with E-state index >= 15 is 0 Å². The summed E-state index contributed by atoms with van der Waals surface area (Å²) in [6.45, 7) is 2.19. The Morgan fingerprint density at radius 2 is 1.67 bits per heavy atom. The van der Waals surface area contributed by atoms with Gasteiger partial charge in [0.2, 0.25) is 0 Å². The van der Waals surface area contributed by atoms with Crippen molar-refractivity contribution in [1.82, 2.24) is 4.90 Å². The first kappa shape index (κ1) is 28.8. The van der Waals surface area contributed by atoms with Crippen molar-refractivity contribution in [2.45, 2.75) is 20.0 Å². The normalized spacial score (nSPS) is 14.2. The summed E-state index contributed by atoms with van der Waals surface area (Å²) in [5.41, 5.74) is 3.64. The van der Waals surface area contributed by atoms with Crippen molar-refractivity contribution in [1.29, 1.82) is 0 Å². The summed E-state index contributed by atoms with van der Waals surface area (Å²) in [4.78, 5) is 28.8. The number of methoxy groups -OCH3 is 2. The maximum absolute atomic E-state index is 13.7. The molecule has 0 atom stereocenters. The highest BCUT2D eigenvalue weighted by molar-refractivity contribution is 9.10. The Labute approximate surface area is 249 Å². The van der Waals surface area contributed by atoms with Gasteiger partial charge in [0.1, 0.15) is 18.8 Å². The van der Waals surface area contributed by atoms with Crippen molar-refractivity contribution in [2.75, 3.05) is 25.7 Å². The van der Waals surface area contributed by atoms with Gasteiger partial charge in [-0.2, -0.15) is 0 Å². The number of carbonyl (C=O) groups is 2. The highest BCUT2D eigenvalue weighted by atomic mass is 79.9. The lowest BCUT2D eigenvalue weighted by Gasteiger charge is -2.19. The van der Waals surface area contributed by atoms with Crippen molar-refractivity contribution >= 4 is 72.8 Å². The molecule has 0 aromatic heterocycles. The Bertz CT molecular complexity index is 1420. The van der Waals surface area contributed by atoms with E-state index in [4.69, 9.17) is 26.4 Å². The summed E-state index contributed by atoms with van der Waals surface area (Å²) in [5.74, 6) is 0.140. The number of amides is 1. The van der Waals surface area contributed by atoms with Crippen LogP contribution in [0.15, 0.2) is 75.3 Å². The van der Waals surface area contributed by atoms with Crippen LogP contribution in [-0.4, -0.2) is 42.7 Å². The minimum Gasteiger partial charge on any atom is -0.493 e. The second-order valence-corrected chi connectivity index (χ2v) is 10.7. The monoisotopic (exact) mass is 672 g/mol. The van der Waals surface area contributed by atoms with E-state index in [9.17, 15) is 9.59 Å². The summed E-state index contributed by atoms with van der Waals surface area (Å²) >= 11 is 12.7. The van der Waals surface area contributed by atoms with E-state index in [0.717, 1.165) is 22.0 Å². The van der Waals surface area contributed by atoms with Gasteiger partial charge < -0.3 is 19.1 Å². The van der Waals surface area contributed by atoms with E-state index in [2.05, 4.69) is 38.8 Å². The first-order valence-electron chi connectivity index (χ1n) is 12.0. The lowest BCUT2D eigenvalue weighted by Crippen LogP contribution is -2.35. The van der Waals surface area contributed by atoms with Crippen LogP contribution in [0.4, 0.5) is 5.69 Å². The molecule has 0 aliphatic carbocycles. The van der Waals surface area contributed by atoms with Crippen LogP contribution >= 0.6 is 44.1 Å². The fraction of sp³-hybridized carbons (Fsp3) is 0.207. The van der Waals surface area contributed by atoms with Crippen LogP contribution < -0.4 is 14.4 Å². The van der Waals surface area contributed by atoms with Crippen LogP contribution in [0.3, 0.4) is 0 Å². The fourth-order valence-corrected chi connectivity index (χ4v) is 5.18. The number of benzene rings is 3. The number of hydrogen-bond acceptors (Lipinski definition) is 6. The average Bonchev–Trinajstić information content (AvgIpc) is 3.16. The highest BCUT2D eigenvalue weighted by Gasteiger charge is 2.40. The van der Waals surface area contributed by atoms with Crippen molar-refractivity contribution in [3.05, 3.63) is 92.0 Å². The molecule has 0 bridgehead atoms. The molecule has 3 aromatic rings.